The van der Waals surface area contributed by atoms with Gasteiger partial charge in [0.15, 0.2) is 0 Å². The molecule has 34 heavy (non-hydrogen) atoms. The number of rotatable bonds is 6. The molecule has 0 unspecified atom stereocenters. The summed E-state index contributed by atoms with van der Waals surface area (Å²) in [5.41, 5.74) is 3.11. The summed E-state index contributed by atoms with van der Waals surface area (Å²) in [4.78, 5) is 39.7. The van der Waals surface area contributed by atoms with Crippen LogP contribution in [0.15, 0.2) is 72.8 Å². The molecule has 3 amide bonds. The summed E-state index contributed by atoms with van der Waals surface area (Å²) >= 11 is 0. The minimum Gasteiger partial charge on any atom is -0.465 e. The smallest absolute Gasteiger partial charge is 0.339 e. The van der Waals surface area contributed by atoms with Crippen LogP contribution in [0.5, 0.6) is 0 Å². The molecule has 0 spiro atoms. The van der Waals surface area contributed by atoms with Crippen LogP contribution in [0.2, 0.25) is 0 Å². The number of ether oxygens (including phenoxy) is 1. The molecule has 174 valence electrons. The molecule has 8 heteroatoms. The number of anilines is 4. The highest BCUT2D eigenvalue weighted by atomic mass is 16.5. The summed E-state index contributed by atoms with van der Waals surface area (Å²) in [7, 11) is 1.29. The van der Waals surface area contributed by atoms with Crippen molar-refractivity contribution in [1.82, 2.24) is 0 Å². The second kappa shape index (κ2) is 10.5. The quantitative estimate of drug-likeness (QED) is 0.453. The highest BCUT2D eigenvalue weighted by molar-refractivity contribution is 6.08. The number of nitrogens with zero attached hydrogens (tertiary/aromatic N) is 1. The van der Waals surface area contributed by atoms with Crippen LogP contribution in [0.1, 0.15) is 33.6 Å². The molecule has 3 aromatic carbocycles. The van der Waals surface area contributed by atoms with Crippen molar-refractivity contribution < 1.29 is 19.1 Å². The van der Waals surface area contributed by atoms with Crippen molar-refractivity contribution in [2.45, 2.75) is 12.8 Å². The normalized spacial score (nSPS) is 12.7. The van der Waals surface area contributed by atoms with Gasteiger partial charge in [-0.25, -0.2) is 9.59 Å². The fraction of sp³-hybridized carbons (Fsp3) is 0.192. The van der Waals surface area contributed by atoms with Crippen molar-refractivity contribution in [3.63, 3.8) is 0 Å². The Morgan fingerprint density at radius 1 is 0.794 bits per heavy atom. The van der Waals surface area contributed by atoms with E-state index in [4.69, 9.17) is 4.74 Å². The van der Waals surface area contributed by atoms with E-state index in [9.17, 15) is 14.4 Å². The van der Waals surface area contributed by atoms with E-state index in [0.29, 0.717) is 22.6 Å². The number of nitrogens with one attached hydrogen (secondary N) is 3. The predicted molar refractivity (Wildman–Crippen MR) is 133 cm³/mol. The molecule has 0 bridgehead atoms. The van der Waals surface area contributed by atoms with Gasteiger partial charge >= 0.3 is 12.0 Å². The average molecular weight is 459 g/mol. The maximum absolute atomic E-state index is 12.9. The third-order valence-corrected chi connectivity index (χ3v) is 5.57. The summed E-state index contributed by atoms with van der Waals surface area (Å²) in [5, 5.41) is 8.48. The van der Waals surface area contributed by atoms with Gasteiger partial charge in [-0.2, -0.15) is 0 Å². The van der Waals surface area contributed by atoms with Crippen molar-refractivity contribution in [1.29, 1.82) is 0 Å². The lowest BCUT2D eigenvalue weighted by Crippen LogP contribution is -2.25. The number of carbonyl (C=O) groups is 3. The zero-order valence-corrected chi connectivity index (χ0v) is 18.8. The monoisotopic (exact) mass is 458 g/mol. The van der Waals surface area contributed by atoms with E-state index in [0.717, 1.165) is 31.6 Å². The minimum absolute atomic E-state index is 0.239. The van der Waals surface area contributed by atoms with Crippen LogP contribution in [0.25, 0.3) is 0 Å². The number of benzene rings is 3. The topological polar surface area (TPSA) is 99.8 Å². The van der Waals surface area contributed by atoms with Crippen LogP contribution in [0.3, 0.4) is 0 Å². The van der Waals surface area contributed by atoms with Gasteiger partial charge in [0.25, 0.3) is 5.91 Å². The van der Waals surface area contributed by atoms with Gasteiger partial charge in [0.2, 0.25) is 0 Å². The molecular weight excluding hydrogens is 432 g/mol. The predicted octanol–water partition coefficient (Wildman–Crippen LogP) is 4.97. The summed E-state index contributed by atoms with van der Waals surface area (Å²) in [6.07, 6.45) is 2.15. The van der Waals surface area contributed by atoms with E-state index in [2.05, 4.69) is 20.9 Å². The first-order valence-electron chi connectivity index (χ1n) is 11.1. The Balaban J connectivity index is 1.56. The van der Waals surface area contributed by atoms with Gasteiger partial charge < -0.3 is 25.6 Å². The summed E-state index contributed by atoms with van der Waals surface area (Å²) in [6, 6.07) is 20.5. The van der Waals surface area contributed by atoms with Gasteiger partial charge in [-0.1, -0.05) is 30.3 Å². The standard InChI is InChI=1S/C26H26N4O4/c1-34-25(32)20-11-5-6-12-21(20)28-26(33)29-22-17-19(13-14-23(22)30-15-7-8-16-30)27-24(31)18-9-3-2-4-10-18/h2-6,9-14,17H,7-8,15-16H2,1H3,(H,27,31)(H2,28,29,33). The SMILES string of the molecule is COC(=O)c1ccccc1NC(=O)Nc1cc(NC(=O)c2ccccc2)ccc1N1CCCC1. The van der Waals surface area contributed by atoms with E-state index >= 15 is 0 Å². The molecule has 1 saturated heterocycles. The molecule has 0 aliphatic carbocycles. The highest BCUT2D eigenvalue weighted by Gasteiger charge is 2.19. The number of urea groups is 1. The molecular formula is C26H26N4O4. The molecule has 1 aliphatic heterocycles. The lowest BCUT2D eigenvalue weighted by Gasteiger charge is -2.23. The fourth-order valence-corrected chi connectivity index (χ4v) is 3.90. The van der Waals surface area contributed by atoms with Gasteiger partial charge in [-0.15, -0.1) is 0 Å². The number of hydrogen-bond acceptors (Lipinski definition) is 5. The Hall–Kier alpha value is -4.33. The van der Waals surface area contributed by atoms with Crippen molar-refractivity contribution in [2.75, 3.05) is 41.0 Å². The molecule has 4 rings (SSSR count). The van der Waals surface area contributed by atoms with Gasteiger partial charge in [0, 0.05) is 24.3 Å². The van der Waals surface area contributed by atoms with Crippen LogP contribution in [0, 0.1) is 0 Å². The molecule has 3 aromatic rings. The van der Waals surface area contributed by atoms with E-state index in [1.54, 1.807) is 54.6 Å². The molecule has 0 radical (unpaired) electrons. The number of methoxy groups -OCH3 is 1. The van der Waals surface area contributed by atoms with Crippen molar-refractivity contribution in [3.8, 4) is 0 Å². The second-order valence-corrected chi connectivity index (χ2v) is 7.86. The number of esters is 1. The maximum atomic E-state index is 12.9. The van der Waals surface area contributed by atoms with Gasteiger partial charge in [0.1, 0.15) is 0 Å². The third kappa shape index (κ3) is 5.35. The molecule has 0 aromatic heterocycles. The van der Waals surface area contributed by atoms with Gasteiger partial charge in [0.05, 0.1) is 29.7 Å². The maximum Gasteiger partial charge on any atom is 0.339 e. The van der Waals surface area contributed by atoms with E-state index in [1.165, 1.54) is 7.11 Å². The average Bonchev–Trinajstić information content (AvgIpc) is 3.39. The van der Waals surface area contributed by atoms with Crippen LogP contribution in [-0.2, 0) is 4.74 Å². The largest absolute Gasteiger partial charge is 0.465 e. The number of para-hydroxylation sites is 1. The summed E-state index contributed by atoms with van der Waals surface area (Å²) in [5.74, 6) is -0.781. The first-order valence-corrected chi connectivity index (χ1v) is 11.1. The Morgan fingerprint density at radius 2 is 1.47 bits per heavy atom. The van der Waals surface area contributed by atoms with E-state index < -0.39 is 12.0 Å². The molecule has 8 nitrogen and oxygen atoms in total. The number of carbonyl (C=O) groups excluding carboxylic acids is 3. The van der Waals surface area contributed by atoms with Crippen LogP contribution < -0.4 is 20.9 Å². The molecule has 1 heterocycles. The zero-order chi connectivity index (χ0) is 23.9. The summed E-state index contributed by atoms with van der Waals surface area (Å²) in [6.45, 7) is 1.77. The van der Waals surface area contributed by atoms with E-state index in [1.807, 2.05) is 18.2 Å². The molecule has 0 atom stereocenters. The Bertz CT molecular complexity index is 1190. The number of amides is 3. The van der Waals surface area contributed by atoms with Crippen LogP contribution >= 0.6 is 0 Å². The van der Waals surface area contributed by atoms with Gasteiger partial charge in [-0.3, -0.25) is 4.79 Å². The minimum atomic E-state index is -0.542. The van der Waals surface area contributed by atoms with Gasteiger partial charge in [-0.05, 0) is 55.3 Å². The molecule has 1 fully saturated rings. The Labute approximate surface area is 197 Å². The zero-order valence-electron chi connectivity index (χ0n) is 18.8. The summed E-state index contributed by atoms with van der Waals surface area (Å²) < 4.78 is 4.80. The van der Waals surface area contributed by atoms with E-state index in [-0.39, 0.29) is 11.5 Å². The van der Waals surface area contributed by atoms with Crippen molar-refractivity contribution >= 4 is 40.7 Å². The fourth-order valence-electron chi connectivity index (χ4n) is 3.90. The lowest BCUT2D eigenvalue weighted by molar-refractivity contribution is 0.0601. The van der Waals surface area contributed by atoms with Crippen LogP contribution in [0.4, 0.5) is 27.5 Å². The highest BCUT2D eigenvalue weighted by Crippen LogP contribution is 2.32. The number of hydrogen-bond donors (Lipinski definition) is 3. The second-order valence-electron chi connectivity index (χ2n) is 7.86. The van der Waals surface area contributed by atoms with Crippen molar-refractivity contribution in [2.24, 2.45) is 0 Å². The Kier molecular flexibility index (Phi) is 7.07. The first kappa shape index (κ1) is 22.8. The first-order chi connectivity index (χ1) is 16.5. The molecule has 1 aliphatic rings. The van der Waals surface area contributed by atoms with Crippen molar-refractivity contribution in [3.05, 3.63) is 83.9 Å². The van der Waals surface area contributed by atoms with Crippen LogP contribution in [-0.4, -0.2) is 38.1 Å². The third-order valence-electron chi connectivity index (χ3n) is 5.57. The Morgan fingerprint density at radius 3 is 2.21 bits per heavy atom. The molecule has 3 N–H and O–H groups in total. The molecule has 0 saturated carbocycles. The lowest BCUT2D eigenvalue weighted by atomic mass is 10.1.